The molecule has 114 valence electrons. The van der Waals surface area contributed by atoms with Gasteiger partial charge in [0, 0.05) is 26.2 Å². The predicted molar refractivity (Wildman–Crippen MR) is 86.9 cm³/mol. The molecule has 0 spiro atoms. The Morgan fingerprint density at radius 3 is 2.23 bits per heavy atom. The highest BCUT2D eigenvalue weighted by Crippen LogP contribution is 2.14. The van der Waals surface area contributed by atoms with Crippen molar-refractivity contribution in [3.63, 3.8) is 0 Å². The van der Waals surface area contributed by atoms with Gasteiger partial charge >= 0.3 is 0 Å². The Morgan fingerprint density at radius 1 is 0.909 bits per heavy atom. The number of thiophene rings is 1. The summed E-state index contributed by atoms with van der Waals surface area (Å²) in [6.45, 7) is 2.44. The summed E-state index contributed by atoms with van der Waals surface area (Å²) in [4.78, 5) is 29.0. The van der Waals surface area contributed by atoms with Crippen molar-refractivity contribution in [3.8, 4) is 0 Å². The van der Waals surface area contributed by atoms with Gasteiger partial charge in [-0.25, -0.2) is 0 Å². The van der Waals surface area contributed by atoms with Gasteiger partial charge in [-0.1, -0.05) is 36.4 Å². The number of hydrogen-bond acceptors (Lipinski definition) is 3. The number of hydrogen-bond donors (Lipinski definition) is 0. The fourth-order valence-electron chi connectivity index (χ4n) is 2.60. The van der Waals surface area contributed by atoms with Crippen molar-refractivity contribution < 1.29 is 9.59 Å². The molecular weight excluding hydrogens is 296 g/mol. The molecule has 1 aromatic heterocycles. The fourth-order valence-corrected chi connectivity index (χ4v) is 3.29. The van der Waals surface area contributed by atoms with Gasteiger partial charge in [-0.15, -0.1) is 11.3 Å². The van der Waals surface area contributed by atoms with Crippen LogP contribution >= 0.6 is 11.3 Å². The lowest BCUT2D eigenvalue weighted by molar-refractivity contribution is -0.131. The van der Waals surface area contributed by atoms with Crippen molar-refractivity contribution in [2.24, 2.45) is 0 Å². The second kappa shape index (κ2) is 6.75. The molecule has 0 N–H and O–H groups in total. The topological polar surface area (TPSA) is 40.6 Å². The summed E-state index contributed by atoms with van der Waals surface area (Å²) >= 11 is 1.46. The molecule has 1 aliphatic heterocycles. The molecule has 2 amide bonds. The van der Waals surface area contributed by atoms with Gasteiger partial charge in [-0.3, -0.25) is 9.59 Å². The first-order chi connectivity index (χ1) is 10.7. The highest BCUT2D eigenvalue weighted by atomic mass is 32.1. The van der Waals surface area contributed by atoms with Gasteiger partial charge in [-0.2, -0.15) is 0 Å². The molecule has 0 radical (unpaired) electrons. The van der Waals surface area contributed by atoms with Gasteiger partial charge in [0.1, 0.15) is 0 Å². The average molecular weight is 314 g/mol. The van der Waals surface area contributed by atoms with E-state index < -0.39 is 0 Å². The molecule has 22 heavy (non-hydrogen) atoms. The van der Waals surface area contributed by atoms with Gasteiger partial charge in [-0.05, 0) is 17.0 Å². The largest absolute Gasteiger partial charge is 0.339 e. The van der Waals surface area contributed by atoms with Crippen LogP contribution in [0.2, 0.25) is 0 Å². The van der Waals surface area contributed by atoms with Crippen LogP contribution in [0.1, 0.15) is 15.2 Å². The number of carbonyl (C=O) groups excluding carboxylic acids is 2. The standard InChI is InChI=1S/C17H18N2O2S/c20-16(13-14-5-2-1-3-6-14)18-8-10-19(11-9-18)17(21)15-7-4-12-22-15/h1-7,12H,8-11,13H2. The van der Waals surface area contributed by atoms with Crippen molar-refractivity contribution in [1.29, 1.82) is 0 Å². The second-order valence-corrected chi connectivity index (χ2v) is 6.26. The van der Waals surface area contributed by atoms with Crippen LogP contribution in [0.25, 0.3) is 0 Å². The Labute approximate surface area is 134 Å². The van der Waals surface area contributed by atoms with E-state index in [0.29, 0.717) is 32.6 Å². The molecule has 0 unspecified atom stereocenters. The minimum atomic E-state index is 0.0742. The number of rotatable bonds is 3. The Hall–Kier alpha value is -2.14. The van der Waals surface area contributed by atoms with Crippen LogP contribution in [0.4, 0.5) is 0 Å². The fraction of sp³-hybridized carbons (Fsp3) is 0.294. The van der Waals surface area contributed by atoms with E-state index in [2.05, 4.69) is 0 Å². The zero-order valence-corrected chi connectivity index (χ0v) is 13.1. The van der Waals surface area contributed by atoms with Crippen LogP contribution in [0.15, 0.2) is 47.8 Å². The van der Waals surface area contributed by atoms with E-state index in [4.69, 9.17) is 0 Å². The quantitative estimate of drug-likeness (QED) is 0.872. The lowest BCUT2D eigenvalue weighted by Gasteiger charge is -2.34. The molecule has 2 heterocycles. The highest BCUT2D eigenvalue weighted by molar-refractivity contribution is 7.12. The molecule has 5 heteroatoms. The lowest BCUT2D eigenvalue weighted by atomic mass is 10.1. The van der Waals surface area contributed by atoms with Gasteiger partial charge in [0.05, 0.1) is 11.3 Å². The third-order valence-corrected chi connectivity index (χ3v) is 4.71. The molecule has 0 saturated carbocycles. The summed E-state index contributed by atoms with van der Waals surface area (Å²) in [5, 5.41) is 1.91. The molecule has 1 fully saturated rings. The maximum atomic E-state index is 12.3. The van der Waals surface area contributed by atoms with E-state index in [1.54, 1.807) is 0 Å². The molecule has 0 bridgehead atoms. The third-order valence-electron chi connectivity index (χ3n) is 3.85. The molecule has 0 aliphatic carbocycles. The first kappa shape index (κ1) is 14.8. The first-order valence-electron chi connectivity index (χ1n) is 7.38. The van der Waals surface area contributed by atoms with Crippen LogP contribution in [0, 0.1) is 0 Å². The van der Waals surface area contributed by atoms with Gasteiger partial charge < -0.3 is 9.80 Å². The van der Waals surface area contributed by atoms with Crippen molar-refractivity contribution in [2.75, 3.05) is 26.2 Å². The van der Waals surface area contributed by atoms with Gasteiger partial charge in [0.2, 0.25) is 5.91 Å². The summed E-state index contributed by atoms with van der Waals surface area (Å²) in [5.74, 6) is 0.208. The Morgan fingerprint density at radius 2 is 1.59 bits per heavy atom. The normalized spacial score (nSPS) is 14.9. The van der Waals surface area contributed by atoms with Crippen LogP contribution in [-0.4, -0.2) is 47.8 Å². The first-order valence-corrected chi connectivity index (χ1v) is 8.26. The minimum absolute atomic E-state index is 0.0742. The summed E-state index contributed by atoms with van der Waals surface area (Å²) in [5.41, 5.74) is 1.03. The summed E-state index contributed by atoms with van der Waals surface area (Å²) in [6.07, 6.45) is 0.430. The smallest absolute Gasteiger partial charge is 0.264 e. The summed E-state index contributed by atoms with van der Waals surface area (Å²) in [6, 6.07) is 13.5. The SMILES string of the molecule is O=C(Cc1ccccc1)N1CCN(C(=O)c2cccs2)CC1. The minimum Gasteiger partial charge on any atom is -0.339 e. The molecule has 1 aliphatic rings. The van der Waals surface area contributed by atoms with Crippen molar-refractivity contribution in [2.45, 2.75) is 6.42 Å². The van der Waals surface area contributed by atoms with Crippen LogP contribution in [0.5, 0.6) is 0 Å². The van der Waals surface area contributed by atoms with Crippen LogP contribution in [-0.2, 0) is 11.2 Å². The van der Waals surface area contributed by atoms with Gasteiger partial charge in [0.25, 0.3) is 5.91 Å². The third kappa shape index (κ3) is 3.36. The maximum absolute atomic E-state index is 12.3. The van der Waals surface area contributed by atoms with E-state index in [-0.39, 0.29) is 11.8 Å². The van der Waals surface area contributed by atoms with Crippen LogP contribution in [0.3, 0.4) is 0 Å². The van der Waals surface area contributed by atoms with Crippen molar-refractivity contribution >= 4 is 23.2 Å². The molecule has 4 nitrogen and oxygen atoms in total. The molecule has 3 rings (SSSR count). The lowest BCUT2D eigenvalue weighted by Crippen LogP contribution is -2.50. The molecular formula is C17H18N2O2S. The maximum Gasteiger partial charge on any atom is 0.264 e. The average Bonchev–Trinajstić information content (AvgIpc) is 3.10. The van der Waals surface area contributed by atoms with E-state index in [1.165, 1.54) is 11.3 Å². The zero-order chi connectivity index (χ0) is 15.4. The molecule has 1 aromatic carbocycles. The van der Waals surface area contributed by atoms with E-state index in [1.807, 2.05) is 57.6 Å². The molecule has 2 aromatic rings. The molecule has 1 saturated heterocycles. The predicted octanol–water partition coefficient (Wildman–Crippen LogP) is 2.28. The number of benzene rings is 1. The zero-order valence-electron chi connectivity index (χ0n) is 12.3. The van der Waals surface area contributed by atoms with E-state index in [0.717, 1.165) is 10.4 Å². The summed E-state index contributed by atoms with van der Waals surface area (Å²) < 4.78 is 0. The number of nitrogens with zero attached hydrogens (tertiary/aromatic N) is 2. The van der Waals surface area contributed by atoms with Crippen molar-refractivity contribution in [3.05, 3.63) is 58.3 Å². The van der Waals surface area contributed by atoms with E-state index in [9.17, 15) is 9.59 Å². The number of piperazine rings is 1. The monoisotopic (exact) mass is 314 g/mol. The number of amides is 2. The molecule has 0 atom stereocenters. The van der Waals surface area contributed by atoms with Crippen LogP contribution < -0.4 is 0 Å². The van der Waals surface area contributed by atoms with E-state index >= 15 is 0 Å². The van der Waals surface area contributed by atoms with Crippen molar-refractivity contribution in [1.82, 2.24) is 9.80 Å². The second-order valence-electron chi connectivity index (χ2n) is 5.31. The number of carbonyl (C=O) groups is 2. The highest BCUT2D eigenvalue weighted by Gasteiger charge is 2.25. The van der Waals surface area contributed by atoms with Gasteiger partial charge in [0.15, 0.2) is 0 Å². The summed E-state index contributed by atoms with van der Waals surface area (Å²) in [7, 11) is 0. The Balaban J connectivity index is 1.53. The Bertz CT molecular complexity index is 632. The Kier molecular flexibility index (Phi) is 4.53.